The molecule has 4 nitrogen and oxygen atoms in total. The van der Waals surface area contributed by atoms with Crippen molar-refractivity contribution in [3.63, 3.8) is 0 Å². The third kappa shape index (κ3) is 4.23. The van der Waals surface area contributed by atoms with Crippen molar-refractivity contribution in [1.82, 2.24) is 14.5 Å². The van der Waals surface area contributed by atoms with Crippen molar-refractivity contribution in [3.8, 4) is 0 Å². The first-order chi connectivity index (χ1) is 9.08. The molecule has 2 rings (SSSR count). The van der Waals surface area contributed by atoms with E-state index >= 15 is 0 Å². The number of nitrogens with one attached hydrogen (secondary N) is 1. The molecule has 1 N–H and O–H groups in total. The third-order valence-corrected chi connectivity index (χ3v) is 3.84. The minimum absolute atomic E-state index is 0.152. The van der Waals surface area contributed by atoms with Crippen LogP contribution in [-0.4, -0.2) is 21.7 Å². The van der Waals surface area contributed by atoms with Gasteiger partial charge in [0.15, 0.2) is 0 Å². The third-order valence-electron chi connectivity index (χ3n) is 3.84. The average molecular weight is 265 g/mol. The van der Waals surface area contributed by atoms with Crippen molar-refractivity contribution in [2.45, 2.75) is 65.1 Å². The standard InChI is InChI=1S/C15H27N3O/c1-12(2)4-5-13(3)16-8-9-17-10-11-18(15(17)19)14-6-7-14/h10-14,16H,4-9H2,1-3H3. The number of hydrogen-bond acceptors (Lipinski definition) is 2. The fraction of sp³-hybridized carbons (Fsp3) is 0.800. The zero-order valence-corrected chi connectivity index (χ0v) is 12.4. The van der Waals surface area contributed by atoms with Crippen LogP contribution in [-0.2, 0) is 6.54 Å². The molecule has 108 valence electrons. The number of imidazole rings is 1. The molecule has 1 heterocycles. The van der Waals surface area contributed by atoms with Crippen LogP contribution in [0.5, 0.6) is 0 Å². The number of hydrogen-bond donors (Lipinski definition) is 1. The molecule has 0 amide bonds. The van der Waals surface area contributed by atoms with E-state index in [0.29, 0.717) is 12.1 Å². The maximum absolute atomic E-state index is 12.0. The van der Waals surface area contributed by atoms with Crippen molar-refractivity contribution in [1.29, 1.82) is 0 Å². The van der Waals surface area contributed by atoms with E-state index in [9.17, 15) is 4.79 Å². The highest BCUT2D eigenvalue weighted by Crippen LogP contribution is 2.33. The topological polar surface area (TPSA) is 39.0 Å². The largest absolute Gasteiger partial charge is 0.328 e. The Balaban J connectivity index is 1.72. The van der Waals surface area contributed by atoms with Crippen LogP contribution in [0, 0.1) is 5.92 Å². The van der Waals surface area contributed by atoms with Gasteiger partial charge in [-0.2, -0.15) is 0 Å². The van der Waals surface area contributed by atoms with Gasteiger partial charge in [-0.25, -0.2) is 4.79 Å². The van der Waals surface area contributed by atoms with Crippen molar-refractivity contribution in [3.05, 3.63) is 22.9 Å². The van der Waals surface area contributed by atoms with Gasteiger partial charge in [-0.05, 0) is 38.5 Å². The van der Waals surface area contributed by atoms with Crippen molar-refractivity contribution in [2.24, 2.45) is 5.92 Å². The highest BCUT2D eigenvalue weighted by molar-refractivity contribution is 4.91. The maximum atomic E-state index is 12.0. The lowest BCUT2D eigenvalue weighted by Gasteiger charge is -2.14. The molecule has 0 spiro atoms. The van der Waals surface area contributed by atoms with Gasteiger partial charge in [0, 0.05) is 37.6 Å². The summed E-state index contributed by atoms with van der Waals surface area (Å²) in [4.78, 5) is 12.0. The van der Waals surface area contributed by atoms with Crippen molar-refractivity contribution < 1.29 is 0 Å². The summed E-state index contributed by atoms with van der Waals surface area (Å²) >= 11 is 0. The zero-order chi connectivity index (χ0) is 13.8. The molecule has 0 radical (unpaired) electrons. The highest BCUT2D eigenvalue weighted by atomic mass is 16.1. The molecule has 0 bridgehead atoms. The summed E-state index contributed by atoms with van der Waals surface area (Å²) in [6, 6.07) is 1.01. The quantitative estimate of drug-likeness (QED) is 0.784. The van der Waals surface area contributed by atoms with E-state index < -0.39 is 0 Å². The summed E-state index contributed by atoms with van der Waals surface area (Å²) in [7, 11) is 0. The Labute approximate surface area is 115 Å². The molecule has 0 aliphatic heterocycles. The summed E-state index contributed by atoms with van der Waals surface area (Å²) < 4.78 is 3.70. The second-order valence-electron chi connectivity index (χ2n) is 6.24. The van der Waals surface area contributed by atoms with Crippen LogP contribution in [0.3, 0.4) is 0 Å². The Hall–Kier alpha value is -1.03. The van der Waals surface area contributed by atoms with Crippen LogP contribution in [0.15, 0.2) is 17.2 Å². The molecule has 1 fully saturated rings. The number of rotatable bonds is 8. The summed E-state index contributed by atoms with van der Waals surface area (Å²) in [6.07, 6.45) is 8.63. The zero-order valence-electron chi connectivity index (χ0n) is 12.4. The predicted octanol–water partition coefficient (Wildman–Crippen LogP) is 2.40. The second-order valence-corrected chi connectivity index (χ2v) is 6.24. The lowest BCUT2D eigenvalue weighted by molar-refractivity contribution is 0.438. The second kappa shape index (κ2) is 6.42. The summed E-state index contributed by atoms with van der Waals surface area (Å²) in [5, 5.41) is 3.50. The number of nitrogens with zero attached hydrogens (tertiary/aromatic N) is 2. The fourth-order valence-corrected chi connectivity index (χ4v) is 2.35. The molecule has 4 heteroatoms. The lowest BCUT2D eigenvalue weighted by atomic mass is 10.0. The van der Waals surface area contributed by atoms with Crippen LogP contribution in [0.1, 0.15) is 52.5 Å². The van der Waals surface area contributed by atoms with Gasteiger partial charge in [-0.15, -0.1) is 0 Å². The highest BCUT2D eigenvalue weighted by Gasteiger charge is 2.25. The van der Waals surface area contributed by atoms with Gasteiger partial charge in [0.1, 0.15) is 0 Å². The first-order valence-electron chi connectivity index (χ1n) is 7.58. The Morgan fingerprint density at radius 2 is 2.00 bits per heavy atom. The molecule has 0 aromatic carbocycles. The van der Waals surface area contributed by atoms with Gasteiger partial charge < -0.3 is 5.32 Å². The van der Waals surface area contributed by atoms with Crippen molar-refractivity contribution >= 4 is 0 Å². The summed E-state index contributed by atoms with van der Waals surface area (Å²) in [5.41, 5.74) is 0.152. The van der Waals surface area contributed by atoms with Crippen LogP contribution >= 0.6 is 0 Å². The molecular weight excluding hydrogens is 238 g/mol. The van der Waals surface area contributed by atoms with Crippen LogP contribution in [0.25, 0.3) is 0 Å². The Bertz CT molecular complexity index is 442. The van der Waals surface area contributed by atoms with E-state index in [4.69, 9.17) is 0 Å². The monoisotopic (exact) mass is 265 g/mol. The fourth-order valence-electron chi connectivity index (χ4n) is 2.35. The van der Waals surface area contributed by atoms with Crippen molar-refractivity contribution in [2.75, 3.05) is 6.54 Å². The normalized spacial score (nSPS) is 17.1. The molecule has 1 unspecified atom stereocenters. The molecule has 1 atom stereocenters. The average Bonchev–Trinajstić information content (AvgIpc) is 3.13. The Morgan fingerprint density at radius 1 is 1.26 bits per heavy atom. The Kier molecular flexibility index (Phi) is 4.86. The van der Waals surface area contributed by atoms with Gasteiger partial charge in [0.05, 0.1) is 0 Å². The number of aromatic nitrogens is 2. The summed E-state index contributed by atoms with van der Waals surface area (Å²) in [6.45, 7) is 8.37. The van der Waals surface area contributed by atoms with E-state index in [1.165, 1.54) is 12.8 Å². The minimum Gasteiger partial charge on any atom is -0.312 e. The smallest absolute Gasteiger partial charge is 0.312 e. The van der Waals surface area contributed by atoms with Crippen LogP contribution < -0.4 is 11.0 Å². The van der Waals surface area contributed by atoms with Gasteiger partial charge in [0.2, 0.25) is 0 Å². The molecule has 0 saturated heterocycles. The minimum atomic E-state index is 0.152. The van der Waals surface area contributed by atoms with Gasteiger partial charge in [0.25, 0.3) is 0 Å². The SMILES string of the molecule is CC(C)CCC(C)NCCn1ccn(C2CC2)c1=O. The van der Waals surface area contributed by atoms with Gasteiger partial charge in [-0.3, -0.25) is 9.13 Å². The van der Waals surface area contributed by atoms with Gasteiger partial charge >= 0.3 is 5.69 Å². The van der Waals surface area contributed by atoms with E-state index in [1.807, 2.05) is 21.5 Å². The van der Waals surface area contributed by atoms with Crippen LogP contribution in [0.2, 0.25) is 0 Å². The van der Waals surface area contributed by atoms with E-state index in [1.54, 1.807) is 0 Å². The summed E-state index contributed by atoms with van der Waals surface area (Å²) in [5.74, 6) is 0.763. The van der Waals surface area contributed by atoms with E-state index in [0.717, 1.165) is 31.8 Å². The molecule has 1 aliphatic rings. The molecule has 1 aliphatic carbocycles. The van der Waals surface area contributed by atoms with Gasteiger partial charge in [-0.1, -0.05) is 13.8 Å². The van der Waals surface area contributed by atoms with Crippen LogP contribution in [0.4, 0.5) is 0 Å². The lowest BCUT2D eigenvalue weighted by Crippen LogP contribution is -2.32. The first-order valence-corrected chi connectivity index (χ1v) is 7.58. The Morgan fingerprint density at radius 3 is 2.63 bits per heavy atom. The molecular formula is C15H27N3O. The molecule has 1 aromatic heterocycles. The molecule has 1 aromatic rings. The first kappa shape index (κ1) is 14.4. The molecule has 1 saturated carbocycles. The molecule has 19 heavy (non-hydrogen) atoms. The van der Waals surface area contributed by atoms with E-state index in [-0.39, 0.29) is 5.69 Å². The van der Waals surface area contributed by atoms with E-state index in [2.05, 4.69) is 26.1 Å². The maximum Gasteiger partial charge on any atom is 0.328 e. The predicted molar refractivity (Wildman–Crippen MR) is 78.5 cm³/mol.